The molecule has 1 unspecified atom stereocenters. The topological polar surface area (TPSA) is 102 Å². The second kappa shape index (κ2) is 10.5. The predicted octanol–water partition coefficient (Wildman–Crippen LogP) is 4.88. The summed E-state index contributed by atoms with van der Waals surface area (Å²) in [7, 11) is 1.25. The molecule has 0 fully saturated rings. The van der Waals surface area contributed by atoms with Crippen LogP contribution >= 0.6 is 34.8 Å². The van der Waals surface area contributed by atoms with Gasteiger partial charge in [-0.2, -0.15) is 0 Å². The zero-order valence-electron chi connectivity index (χ0n) is 14.8. The number of urea groups is 1. The zero-order valence-corrected chi connectivity index (χ0v) is 17.1. The third-order valence-electron chi connectivity index (χ3n) is 3.52. The number of hydrogen-bond donors (Lipinski definition) is 1. The number of halogens is 3. The second-order valence-corrected chi connectivity index (χ2v) is 8.03. The minimum absolute atomic E-state index is 0.0447. The lowest BCUT2D eigenvalue weighted by atomic mass is 10.2. The van der Waals surface area contributed by atoms with Crippen LogP contribution in [0.4, 0.5) is 16.2 Å². The van der Waals surface area contributed by atoms with Crippen molar-refractivity contribution in [1.29, 1.82) is 0 Å². The maximum Gasteiger partial charge on any atom is 0.324 e. The Labute approximate surface area is 171 Å². The molecule has 1 atom stereocenters. The number of benzene rings is 1. The molecule has 0 aromatic heterocycles. The molecule has 11 heteroatoms. The van der Waals surface area contributed by atoms with Crippen LogP contribution < -0.4 is 5.32 Å². The predicted molar refractivity (Wildman–Crippen MR) is 104 cm³/mol. The van der Waals surface area contributed by atoms with E-state index in [-0.39, 0.29) is 17.8 Å². The summed E-state index contributed by atoms with van der Waals surface area (Å²) < 4.78 is 3.04. The summed E-state index contributed by atoms with van der Waals surface area (Å²) in [6.45, 7) is 1.98. The van der Waals surface area contributed by atoms with E-state index in [1.165, 1.54) is 31.3 Å². The van der Waals surface area contributed by atoms with Gasteiger partial charge in [-0.3, -0.25) is 19.8 Å². The van der Waals surface area contributed by atoms with Crippen LogP contribution in [0.5, 0.6) is 0 Å². The summed E-state index contributed by atoms with van der Waals surface area (Å²) in [5.41, 5.74) is -0.349. The molecule has 1 N–H and O–H groups in total. The highest BCUT2D eigenvalue weighted by atomic mass is 35.6. The Balaban J connectivity index is 2.89. The minimum atomic E-state index is -2.12. The van der Waals surface area contributed by atoms with Crippen LogP contribution in [0.3, 0.4) is 0 Å². The Morgan fingerprint density at radius 2 is 1.93 bits per heavy atom. The van der Waals surface area contributed by atoms with Gasteiger partial charge in [-0.05, 0) is 12.5 Å². The monoisotopic (exact) mass is 439 g/mol. The first-order valence-electron chi connectivity index (χ1n) is 8.11. The first-order chi connectivity index (χ1) is 12.6. The third kappa shape index (κ3) is 7.40. The Morgan fingerprint density at radius 3 is 2.48 bits per heavy atom. The summed E-state index contributed by atoms with van der Waals surface area (Å²) in [6, 6.07) is 4.71. The van der Waals surface area contributed by atoms with E-state index in [0.717, 1.165) is 17.7 Å². The largest absolute Gasteiger partial charge is 0.437 e. The Bertz CT molecular complexity index is 682. The van der Waals surface area contributed by atoms with Crippen LogP contribution in [0.2, 0.25) is 0 Å². The van der Waals surface area contributed by atoms with Crippen LogP contribution in [-0.2, 0) is 9.53 Å². The average Bonchev–Trinajstić information content (AvgIpc) is 2.58. The molecule has 0 heterocycles. The normalized spacial score (nSPS) is 12.2. The van der Waals surface area contributed by atoms with Crippen LogP contribution in [-0.4, -0.2) is 38.9 Å². The lowest BCUT2D eigenvalue weighted by Crippen LogP contribution is -2.49. The van der Waals surface area contributed by atoms with Gasteiger partial charge < -0.3 is 10.1 Å². The van der Waals surface area contributed by atoms with Gasteiger partial charge in [0, 0.05) is 19.5 Å². The lowest BCUT2D eigenvalue weighted by molar-refractivity contribution is -0.383. The molecule has 0 spiro atoms. The molecule has 0 radical (unpaired) electrons. The number of hydrogen-bond acceptors (Lipinski definition) is 5. The van der Waals surface area contributed by atoms with Gasteiger partial charge in [0.25, 0.3) is 5.69 Å². The number of esters is 1. The molecule has 8 nitrogen and oxygen atoms in total. The number of carbonyl (C=O) groups is 2. The summed E-state index contributed by atoms with van der Waals surface area (Å²) in [6.07, 6.45) is 0.957. The van der Waals surface area contributed by atoms with Crippen molar-refractivity contribution in [2.75, 3.05) is 12.4 Å². The molecule has 0 saturated carbocycles. The number of ether oxygens (including phenoxy) is 1. The van der Waals surface area contributed by atoms with Crippen molar-refractivity contribution in [1.82, 2.24) is 4.90 Å². The van der Waals surface area contributed by atoms with E-state index in [4.69, 9.17) is 39.5 Å². The molecule has 27 heavy (non-hydrogen) atoms. The van der Waals surface area contributed by atoms with Crippen molar-refractivity contribution >= 4 is 58.2 Å². The number of nitro benzene ring substituents is 1. The van der Waals surface area contributed by atoms with E-state index in [2.05, 4.69) is 5.32 Å². The smallest absolute Gasteiger partial charge is 0.324 e. The molecular weight excluding hydrogens is 421 g/mol. The molecule has 1 rings (SSSR count). The van der Waals surface area contributed by atoms with Crippen LogP contribution in [0.25, 0.3) is 0 Å². The van der Waals surface area contributed by atoms with Gasteiger partial charge in [-0.1, -0.05) is 66.7 Å². The van der Waals surface area contributed by atoms with E-state index < -0.39 is 26.9 Å². The van der Waals surface area contributed by atoms with Crippen LogP contribution in [0, 0.1) is 10.1 Å². The van der Waals surface area contributed by atoms with Gasteiger partial charge in [0.15, 0.2) is 0 Å². The maximum absolute atomic E-state index is 12.4. The molecule has 0 aliphatic rings. The Kier molecular flexibility index (Phi) is 9.08. The van der Waals surface area contributed by atoms with Gasteiger partial charge in [-0.25, -0.2) is 4.79 Å². The average molecular weight is 441 g/mol. The standard InChI is InChI=1S/C16H20Cl3N3O5/c1-3-4-5-10-13(23)27-14(16(17,18)19)21(2)15(24)20-11-8-6-7-9-12(11)22(25)26/h6-9,14H,3-5,10H2,1-2H3,(H,20,24). The highest BCUT2D eigenvalue weighted by Gasteiger charge is 2.41. The van der Waals surface area contributed by atoms with Crippen molar-refractivity contribution in [2.45, 2.75) is 42.6 Å². The van der Waals surface area contributed by atoms with Gasteiger partial charge in [0.1, 0.15) is 5.69 Å². The number of alkyl halides is 3. The maximum atomic E-state index is 12.4. The molecule has 0 aliphatic carbocycles. The third-order valence-corrected chi connectivity index (χ3v) is 4.08. The number of nitro groups is 1. The molecule has 0 aliphatic heterocycles. The highest BCUT2D eigenvalue weighted by Crippen LogP contribution is 2.34. The fourth-order valence-corrected chi connectivity index (χ4v) is 2.69. The lowest BCUT2D eigenvalue weighted by Gasteiger charge is -2.32. The number of anilines is 1. The van der Waals surface area contributed by atoms with Gasteiger partial charge in [0.05, 0.1) is 4.92 Å². The summed E-state index contributed by atoms with van der Waals surface area (Å²) in [5.74, 6) is -0.620. The number of para-hydroxylation sites is 2. The number of rotatable bonds is 8. The van der Waals surface area contributed by atoms with E-state index in [1.807, 2.05) is 6.92 Å². The van der Waals surface area contributed by atoms with Crippen molar-refractivity contribution in [3.05, 3.63) is 34.4 Å². The Hall–Kier alpha value is -1.77. The van der Waals surface area contributed by atoms with Gasteiger partial charge in [-0.15, -0.1) is 0 Å². The summed E-state index contributed by atoms with van der Waals surface area (Å²) >= 11 is 17.6. The first kappa shape index (κ1) is 23.3. The van der Waals surface area contributed by atoms with E-state index in [0.29, 0.717) is 6.42 Å². The van der Waals surface area contributed by atoms with E-state index in [9.17, 15) is 19.7 Å². The molecule has 2 amide bonds. The number of amides is 2. The molecular formula is C16H20Cl3N3O5. The summed E-state index contributed by atoms with van der Waals surface area (Å²) in [4.78, 5) is 35.7. The van der Waals surface area contributed by atoms with E-state index in [1.54, 1.807) is 0 Å². The van der Waals surface area contributed by atoms with Crippen LogP contribution in [0.15, 0.2) is 24.3 Å². The van der Waals surface area contributed by atoms with Crippen molar-refractivity contribution in [3.63, 3.8) is 0 Å². The molecule has 1 aromatic carbocycles. The SMILES string of the molecule is CCCCCC(=O)OC(N(C)C(=O)Nc1ccccc1[N+](=O)[O-])C(Cl)(Cl)Cl. The fourth-order valence-electron chi connectivity index (χ4n) is 2.12. The second-order valence-electron chi connectivity index (χ2n) is 5.66. The first-order valence-corrected chi connectivity index (χ1v) is 9.24. The molecule has 1 aromatic rings. The minimum Gasteiger partial charge on any atom is -0.437 e. The number of unbranched alkanes of at least 4 members (excludes halogenated alkanes) is 2. The summed E-state index contributed by atoms with van der Waals surface area (Å²) in [5, 5.41) is 13.4. The van der Waals surface area contributed by atoms with Crippen LogP contribution in [0.1, 0.15) is 32.6 Å². The van der Waals surface area contributed by atoms with Gasteiger partial charge >= 0.3 is 12.0 Å². The van der Waals surface area contributed by atoms with Crippen molar-refractivity contribution in [2.24, 2.45) is 0 Å². The zero-order chi connectivity index (χ0) is 20.6. The van der Waals surface area contributed by atoms with Crippen molar-refractivity contribution in [3.8, 4) is 0 Å². The molecule has 0 saturated heterocycles. The number of nitrogens with zero attached hydrogens (tertiary/aromatic N) is 2. The number of carbonyl (C=O) groups excluding carboxylic acids is 2. The van der Waals surface area contributed by atoms with E-state index >= 15 is 0 Å². The van der Waals surface area contributed by atoms with Crippen molar-refractivity contribution < 1.29 is 19.2 Å². The Morgan fingerprint density at radius 1 is 1.30 bits per heavy atom. The quantitative estimate of drug-likeness (QED) is 0.155. The van der Waals surface area contributed by atoms with Gasteiger partial charge in [0.2, 0.25) is 10.0 Å². The molecule has 150 valence electrons. The number of nitrogens with one attached hydrogen (secondary N) is 1. The highest BCUT2D eigenvalue weighted by molar-refractivity contribution is 6.68. The molecule has 0 bridgehead atoms. The fraction of sp³-hybridized carbons (Fsp3) is 0.500.